The van der Waals surface area contributed by atoms with E-state index in [1.54, 1.807) is 6.08 Å². The Morgan fingerprint density at radius 2 is 1.94 bits per heavy atom. The minimum absolute atomic E-state index is 0.0253. The highest BCUT2D eigenvalue weighted by molar-refractivity contribution is 5.94. The van der Waals surface area contributed by atoms with Gasteiger partial charge in [0.05, 0.1) is 6.10 Å². The van der Waals surface area contributed by atoms with Crippen molar-refractivity contribution in [3.8, 4) is 0 Å². The van der Waals surface area contributed by atoms with Gasteiger partial charge in [-0.25, -0.2) is 4.79 Å². The Hall–Kier alpha value is -1.79. The Balaban J connectivity index is 1.61. The summed E-state index contributed by atoms with van der Waals surface area (Å²) in [6.45, 7) is 8.64. The van der Waals surface area contributed by atoms with E-state index in [0.29, 0.717) is 25.7 Å². The molecule has 6 unspecified atom stereocenters. The summed E-state index contributed by atoms with van der Waals surface area (Å²) in [6, 6.07) is 0. The fourth-order valence-corrected chi connectivity index (χ4v) is 7.52. The van der Waals surface area contributed by atoms with Crippen LogP contribution in [0.2, 0.25) is 0 Å². The van der Waals surface area contributed by atoms with Crippen LogP contribution < -0.4 is 0 Å². The number of aliphatic hydroxyl groups is 2. The molecule has 6 heteroatoms. The van der Waals surface area contributed by atoms with Crippen molar-refractivity contribution in [1.29, 1.82) is 0 Å². The van der Waals surface area contributed by atoms with Gasteiger partial charge in [-0.1, -0.05) is 26.0 Å². The number of ketones is 2. The van der Waals surface area contributed by atoms with Gasteiger partial charge in [-0.2, -0.15) is 0 Å². The largest absolute Gasteiger partial charge is 0.454 e. The topological polar surface area (TPSA) is 101 Å². The number of allylic oxidation sites excluding steroid dienone is 1. The summed E-state index contributed by atoms with van der Waals surface area (Å²) in [7, 11) is 0. The summed E-state index contributed by atoms with van der Waals surface area (Å²) in [4.78, 5) is 36.8. The monoisotopic (exact) mass is 430 g/mol. The Morgan fingerprint density at radius 1 is 1.23 bits per heavy atom. The first-order valence-electron chi connectivity index (χ1n) is 11.4. The van der Waals surface area contributed by atoms with E-state index in [2.05, 4.69) is 13.5 Å². The van der Waals surface area contributed by atoms with Gasteiger partial charge in [-0.15, -0.1) is 0 Å². The number of esters is 1. The van der Waals surface area contributed by atoms with Crippen LogP contribution in [0, 0.1) is 28.6 Å². The lowest BCUT2D eigenvalue weighted by atomic mass is 9.45. The third kappa shape index (κ3) is 3.17. The molecule has 2 N–H and O–H groups in total. The van der Waals surface area contributed by atoms with Crippen LogP contribution in [0.5, 0.6) is 0 Å². The number of ether oxygens (including phenoxy) is 1. The summed E-state index contributed by atoms with van der Waals surface area (Å²) in [5.74, 6) is -0.662. The third-order valence-electron chi connectivity index (χ3n) is 9.19. The zero-order valence-electron chi connectivity index (χ0n) is 18.8. The molecule has 4 rings (SSSR count). The second kappa shape index (κ2) is 7.38. The van der Waals surface area contributed by atoms with Gasteiger partial charge in [0, 0.05) is 17.4 Å². The molecule has 3 saturated carbocycles. The summed E-state index contributed by atoms with van der Waals surface area (Å²) >= 11 is 0. The van der Waals surface area contributed by atoms with Crippen molar-refractivity contribution in [1.82, 2.24) is 0 Å². The molecule has 6 nitrogen and oxygen atoms in total. The van der Waals surface area contributed by atoms with E-state index in [-0.39, 0.29) is 34.5 Å². The average Bonchev–Trinajstić information content (AvgIpc) is 2.97. The van der Waals surface area contributed by atoms with Crippen molar-refractivity contribution >= 4 is 17.5 Å². The number of fused-ring (bicyclic) bond motifs is 5. The van der Waals surface area contributed by atoms with Crippen LogP contribution in [0.3, 0.4) is 0 Å². The Bertz CT molecular complexity index is 873. The third-order valence-corrected chi connectivity index (χ3v) is 9.19. The fourth-order valence-electron chi connectivity index (χ4n) is 7.52. The Labute approximate surface area is 183 Å². The van der Waals surface area contributed by atoms with Crippen LogP contribution >= 0.6 is 0 Å². The molecular formula is C25H34O6. The van der Waals surface area contributed by atoms with Gasteiger partial charge in [0.25, 0.3) is 0 Å². The fraction of sp³-hybridized carbons (Fsp3) is 0.720. The molecule has 3 fully saturated rings. The van der Waals surface area contributed by atoms with Crippen LogP contribution in [-0.4, -0.2) is 46.1 Å². The standard InChI is InChI=1S/C25H34O6/c1-14(2)22(29)31-13-20(28)25(30)10-8-18-17-6-5-15-11-16(26)7-9-23(15,3)21(17)19(27)12-24(18,25)4/h11,17-19,21,27,30H,1,5-10,12-13H2,2-4H3/t17?,18?,19?,21?,23?,24?,25-/m0/s1. The highest BCUT2D eigenvalue weighted by atomic mass is 16.5. The van der Waals surface area contributed by atoms with Gasteiger partial charge in [-0.05, 0) is 74.7 Å². The maximum atomic E-state index is 13.1. The molecule has 170 valence electrons. The van der Waals surface area contributed by atoms with E-state index in [0.717, 1.165) is 24.8 Å². The predicted octanol–water partition coefficient (Wildman–Crippen LogP) is 2.91. The smallest absolute Gasteiger partial charge is 0.333 e. The minimum Gasteiger partial charge on any atom is -0.454 e. The lowest BCUT2D eigenvalue weighted by Gasteiger charge is -2.60. The molecule has 0 aromatic heterocycles. The molecule has 0 aromatic carbocycles. The van der Waals surface area contributed by atoms with Crippen molar-refractivity contribution in [2.24, 2.45) is 28.6 Å². The number of rotatable bonds is 4. The van der Waals surface area contributed by atoms with Crippen molar-refractivity contribution in [2.75, 3.05) is 6.61 Å². The van der Waals surface area contributed by atoms with E-state index >= 15 is 0 Å². The SMILES string of the molecule is C=C(C)C(=O)OCC(=O)[C@@]1(O)CCC2C3CCC4=CC(=O)CCC4(C)C3C(O)CC21C. The normalized spacial score (nSPS) is 43.9. The van der Waals surface area contributed by atoms with Crippen LogP contribution in [-0.2, 0) is 19.1 Å². The summed E-state index contributed by atoms with van der Waals surface area (Å²) in [5.41, 5.74) is -1.25. The number of hydrogen-bond acceptors (Lipinski definition) is 6. The molecule has 0 aliphatic heterocycles. The van der Waals surface area contributed by atoms with Crippen LogP contribution in [0.4, 0.5) is 0 Å². The maximum absolute atomic E-state index is 13.1. The Kier molecular flexibility index (Phi) is 5.33. The molecule has 4 aliphatic rings. The van der Waals surface area contributed by atoms with E-state index in [4.69, 9.17) is 4.74 Å². The average molecular weight is 431 g/mol. The quantitative estimate of drug-likeness (QED) is 0.525. The molecule has 0 bridgehead atoms. The first kappa shape index (κ1) is 22.4. The molecule has 0 amide bonds. The van der Waals surface area contributed by atoms with Gasteiger partial charge < -0.3 is 14.9 Å². The van der Waals surface area contributed by atoms with Crippen molar-refractivity contribution in [3.63, 3.8) is 0 Å². The number of hydrogen-bond donors (Lipinski definition) is 2. The number of carbonyl (C=O) groups is 3. The molecular weight excluding hydrogens is 396 g/mol. The lowest BCUT2D eigenvalue weighted by molar-refractivity contribution is -0.184. The zero-order chi connectivity index (χ0) is 22.8. The van der Waals surface area contributed by atoms with Gasteiger partial charge >= 0.3 is 5.97 Å². The summed E-state index contributed by atoms with van der Waals surface area (Å²) in [6.07, 6.45) is 5.41. The molecule has 31 heavy (non-hydrogen) atoms. The predicted molar refractivity (Wildman–Crippen MR) is 114 cm³/mol. The highest BCUT2D eigenvalue weighted by Crippen LogP contribution is 2.67. The first-order valence-corrected chi connectivity index (χ1v) is 11.4. The van der Waals surface area contributed by atoms with Crippen LogP contribution in [0.15, 0.2) is 23.8 Å². The zero-order valence-corrected chi connectivity index (χ0v) is 18.8. The molecule has 4 aliphatic carbocycles. The van der Waals surface area contributed by atoms with Crippen LogP contribution in [0.25, 0.3) is 0 Å². The second-order valence-corrected chi connectivity index (χ2v) is 10.8. The second-order valence-electron chi connectivity index (χ2n) is 10.8. The van der Waals surface area contributed by atoms with Crippen molar-refractivity contribution < 1.29 is 29.3 Å². The summed E-state index contributed by atoms with van der Waals surface area (Å²) < 4.78 is 5.05. The van der Waals surface area contributed by atoms with Crippen LogP contribution in [0.1, 0.15) is 65.7 Å². The van der Waals surface area contributed by atoms with E-state index in [9.17, 15) is 24.6 Å². The molecule has 7 atom stereocenters. The minimum atomic E-state index is -1.63. The van der Waals surface area contributed by atoms with Gasteiger partial charge in [-0.3, -0.25) is 9.59 Å². The van der Waals surface area contributed by atoms with Gasteiger partial charge in [0.1, 0.15) is 5.60 Å². The Morgan fingerprint density at radius 3 is 2.61 bits per heavy atom. The molecule has 0 aromatic rings. The molecule has 0 radical (unpaired) electrons. The van der Waals surface area contributed by atoms with Crippen molar-refractivity contribution in [3.05, 3.63) is 23.8 Å². The number of Topliss-reactive ketones (excluding diaryl/α,β-unsaturated/α-hetero) is 1. The van der Waals surface area contributed by atoms with Gasteiger partial charge in [0.15, 0.2) is 12.4 Å². The molecule has 0 heterocycles. The van der Waals surface area contributed by atoms with E-state index in [1.807, 2.05) is 6.92 Å². The van der Waals surface area contributed by atoms with E-state index in [1.165, 1.54) is 6.92 Å². The molecule has 0 saturated heterocycles. The van der Waals surface area contributed by atoms with E-state index < -0.39 is 35.5 Å². The lowest BCUT2D eigenvalue weighted by Crippen LogP contribution is -2.62. The highest BCUT2D eigenvalue weighted by Gasteiger charge is 2.68. The number of aliphatic hydroxyl groups excluding tert-OH is 1. The van der Waals surface area contributed by atoms with Crippen molar-refractivity contribution in [2.45, 2.75) is 77.4 Å². The molecule has 0 spiro atoms. The van der Waals surface area contributed by atoms with Gasteiger partial charge in [0.2, 0.25) is 5.78 Å². The summed E-state index contributed by atoms with van der Waals surface area (Å²) in [5, 5.41) is 22.9. The first-order chi connectivity index (χ1) is 14.4. The maximum Gasteiger partial charge on any atom is 0.333 e. The number of carbonyl (C=O) groups excluding carboxylic acids is 3.